The summed E-state index contributed by atoms with van der Waals surface area (Å²) in [5.41, 5.74) is 0.760. The minimum Gasteiger partial charge on any atom is -0.381 e. The normalized spacial score (nSPS) is 21.7. The zero-order chi connectivity index (χ0) is 39.6. The fourth-order valence-electron chi connectivity index (χ4n) is 7.89. The van der Waals surface area contributed by atoms with Crippen molar-refractivity contribution in [3.05, 3.63) is 62.4 Å². The number of aliphatic imine (C=N–C) groups is 1. The number of hydrogen-bond acceptors (Lipinski definition) is 10. The van der Waals surface area contributed by atoms with E-state index < -0.39 is 5.54 Å². The zero-order valence-corrected chi connectivity index (χ0v) is 32.2. The number of anilines is 1. The molecule has 286 valence electrons. The molecule has 5 fully saturated rings. The first-order valence-corrected chi connectivity index (χ1v) is 19.2. The van der Waals surface area contributed by atoms with E-state index in [0.717, 1.165) is 58.3 Å². The third-order valence-electron chi connectivity index (χ3n) is 11.1. The highest BCUT2D eigenvalue weighted by Gasteiger charge is 2.59. The van der Waals surface area contributed by atoms with Gasteiger partial charge in [-0.05, 0) is 75.1 Å². The molecule has 55 heavy (non-hydrogen) atoms. The lowest BCUT2D eigenvalue weighted by atomic mass is 9.94. The van der Waals surface area contributed by atoms with Crippen LogP contribution < -0.4 is 10.2 Å². The van der Waals surface area contributed by atoms with E-state index in [1.54, 1.807) is 30.0 Å². The number of nitrogens with zero attached hydrogens (tertiary/aromatic N) is 7. The second-order valence-corrected chi connectivity index (χ2v) is 15.2. The predicted octanol–water partition coefficient (Wildman–Crippen LogP) is 7.82. The second-order valence-electron chi connectivity index (χ2n) is 14.4. The Labute approximate surface area is 331 Å². The minimum absolute atomic E-state index is 0.00403. The lowest BCUT2D eigenvalue weighted by Crippen LogP contribution is -2.49. The van der Waals surface area contributed by atoms with Crippen molar-refractivity contribution in [1.82, 2.24) is 10.2 Å². The van der Waals surface area contributed by atoms with Gasteiger partial charge >= 0.3 is 6.03 Å². The first-order chi connectivity index (χ1) is 26.6. The Morgan fingerprint density at radius 1 is 0.945 bits per heavy atom. The number of nitriles is 3. The largest absolute Gasteiger partial charge is 0.381 e. The van der Waals surface area contributed by atoms with Crippen molar-refractivity contribution >= 4 is 58.3 Å². The van der Waals surface area contributed by atoms with Crippen LogP contribution in [0.15, 0.2) is 29.3 Å². The number of isocyanates is 1. The Hall–Kier alpha value is -4.82. The zero-order valence-electron chi connectivity index (χ0n) is 30.7. The number of ether oxygens (including phenoxy) is 2. The number of imide groups is 1. The molecule has 0 bridgehead atoms. The summed E-state index contributed by atoms with van der Waals surface area (Å²) in [7, 11) is 0. The van der Waals surface area contributed by atoms with Gasteiger partial charge in [0, 0.05) is 32.2 Å². The van der Waals surface area contributed by atoms with Crippen LogP contribution in [0.2, 0.25) is 10.0 Å². The van der Waals surface area contributed by atoms with Crippen LogP contribution in [0.5, 0.6) is 0 Å². The summed E-state index contributed by atoms with van der Waals surface area (Å²) in [6.45, 7) is 13.1. The Balaban J connectivity index is 0.000000175. The Kier molecular flexibility index (Phi) is 14.0. The molecule has 15 heteroatoms. The Morgan fingerprint density at radius 3 is 2.16 bits per heavy atom. The van der Waals surface area contributed by atoms with Gasteiger partial charge in [0.1, 0.15) is 17.1 Å². The van der Waals surface area contributed by atoms with Crippen molar-refractivity contribution in [2.75, 3.05) is 44.4 Å². The highest BCUT2D eigenvalue weighted by molar-refractivity contribution is 6.35. The van der Waals surface area contributed by atoms with Crippen LogP contribution in [0.1, 0.15) is 80.9 Å². The first kappa shape index (κ1) is 41.3. The van der Waals surface area contributed by atoms with E-state index in [4.69, 9.17) is 55.0 Å². The highest BCUT2D eigenvalue weighted by atomic mass is 35.5. The highest BCUT2D eigenvalue weighted by Crippen LogP contribution is 2.45. The molecule has 3 amide bonds. The lowest BCUT2D eigenvalue weighted by Gasteiger charge is -2.32. The van der Waals surface area contributed by atoms with Gasteiger partial charge in [-0.15, -0.1) is 0 Å². The van der Waals surface area contributed by atoms with Crippen LogP contribution in [-0.4, -0.2) is 73.5 Å². The van der Waals surface area contributed by atoms with Crippen LogP contribution in [0, 0.1) is 59.3 Å². The van der Waals surface area contributed by atoms with Gasteiger partial charge < -0.3 is 14.4 Å². The molecular weight excluding hydrogens is 743 g/mol. The van der Waals surface area contributed by atoms with E-state index >= 15 is 0 Å². The third-order valence-corrected chi connectivity index (χ3v) is 11.9. The molecule has 2 unspecified atom stereocenters. The van der Waals surface area contributed by atoms with Crippen molar-refractivity contribution < 1.29 is 23.9 Å². The predicted molar refractivity (Wildman–Crippen MR) is 205 cm³/mol. The molecule has 5 aliphatic rings. The lowest BCUT2D eigenvalue weighted by molar-refractivity contribution is -0.124. The number of nitrogens with one attached hydrogen (secondary N) is 1. The molecule has 3 saturated heterocycles. The van der Waals surface area contributed by atoms with Crippen LogP contribution in [0.25, 0.3) is 4.85 Å². The molecule has 1 spiro atoms. The van der Waals surface area contributed by atoms with E-state index in [1.807, 2.05) is 6.07 Å². The molecular formula is C40H42Cl2N8O5. The van der Waals surface area contributed by atoms with E-state index in [2.05, 4.69) is 21.2 Å². The average molecular weight is 786 g/mol. The smallest absolute Gasteiger partial charge is 0.332 e. The van der Waals surface area contributed by atoms with Crippen LogP contribution in [0.4, 0.5) is 21.9 Å². The number of rotatable bonds is 7. The van der Waals surface area contributed by atoms with Crippen molar-refractivity contribution in [2.45, 2.75) is 82.2 Å². The fraction of sp³-hybridized carbons (Fsp3) is 0.525. The molecule has 2 aromatic rings. The number of carbonyl (C=O) groups is 2. The number of carbonyl (C=O) groups excluding carboxylic acids is 3. The number of benzene rings is 2. The summed E-state index contributed by atoms with van der Waals surface area (Å²) in [6, 6.07) is 12.0. The van der Waals surface area contributed by atoms with Crippen molar-refractivity contribution in [3.8, 4) is 18.2 Å². The van der Waals surface area contributed by atoms with Gasteiger partial charge in [0.2, 0.25) is 11.8 Å². The van der Waals surface area contributed by atoms with Gasteiger partial charge in [0.25, 0.3) is 5.91 Å². The molecule has 0 aromatic heterocycles. The second kappa shape index (κ2) is 18.7. The molecule has 1 N–H and O–H groups in total. The minimum atomic E-state index is -0.744. The monoisotopic (exact) mass is 784 g/mol. The van der Waals surface area contributed by atoms with E-state index in [9.17, 15) is 14.4 Å². The Morgan fingerprint density at radius 2 is 1.60 bits per heavy atom. The molecule has 13 nitrogen and oxygen atoms in total. The van der Waals surface area contributed by atoms with Gasteiger partial charge in [-0.25, -0.2) is 19.3 Å². The SMILES string of the molecule is Cc1c(N2C(=O)N(CC3CCOC3)C3(CCCC3)C2=O)ccc(C#N)c1Cl.N#CC1(NCC2CCOC2)CCCC1.[C-]#[N+]c1ccc(N=C=O)c(Cl)c1C#N. The molecule has 0 radical (unpaired) electrons. The first-order valence-electron chi connectivity index (χ1n) is 18.4. The molecule has 2 aromatic carbocycles. The molecule has 2 aliphatic carbocycles. The number of halogens is 2. The van der Waals surface area contributed by atoms with Crippen LogP contribution >= 0.6 is 23.2 Å². The standard InChI is InChI=1S/C20H22ClN3O3.C11H18N2O.C9H2ClN3O/c1-13-16(5-4-15(10-22)17(13)21)24-18(25)20(7-2-3-8-20)23(19(24)26)11-14-6-9-27-12-14;12-9-11(4-1-2-5-11)13-7-10-3-6-14-8-10;1-12-7-2-3-8(13-5-14)9(10)6(7)4-11/h4-5,14H,2-3,6-9,11-12H2,1H3;10,13H,1-8H2;2-3H. The molecule has 3 aliphatic heterocycles. The van der Waals surface area contributed by atoms with Gasteiger partial charge in [0.05, 0.1) is 64.5 Å². The fourth-order valence-corrected chi connectivity index (χ4v) is 8.34. The summed E-state index contributed by atoms with van der Waals surface area (Å²) in [5, 5.41) is 30.8. The van der Waals surface area contributed by atoms with Crippen molar-refractivity contribution in [3.63, 3.8) is 0 Å². The topological polar surface area (TPSA) is 176 Å². The van der Waals surface area contributed by atoms with Gasteiger partial charge in [-0.3, -0.25) is 10.1 Å². The summed E-state index contributed by atoms with van der Waals surface area (Å²) in [6.07, 6.45) is 11.1. The number of amides is 3. The van der Waals surface area contributed by atoms with Crippen molar-refractivity contribution in [1.29, 1.82) is 15.8 Å². The van der Waals surface area contributed by atoms with Crippen LogP contribution in [0.3, 0.4) is 0 Å². The molecule has 7 rings (SSSR count). The maximum absolute atomic E-state index is 13.5. The molecule has 2 saturated carbocycles. The van der Waals surface area contributed by atoms with Gasteiger partial charge in [-0.1, -0.05) is 55.0 Å². The van der Waals surface area contributed by atoms with Crippen LogP contribution in [-0.2, 0) is 19.1 Å². The number of urea groups is 1. The van der Waals surface area contributed by atoms with E-state index in [0.29, 0.717) is 60.4 Å². The third kappa shape index (κ3) is 8.86. The Bertz CT molecular complexity index is 1980. The van der Waals surface area contributed by atoms with E-state index in [1.165, 1.54) is 36.0 Å². The summed E-state index contributed by atoms with van der Waals surface area (Å²) < 4.78 is 10.8. The van der Waals surface area contributed by atoms with Crippen molar-refractivity contribution in [2.24, 2.45) is 16.8 Å². The average Bonchev–Trinajstić information content (AvgIpc) is 4.06. The molecule has 3 heterocycles. The quantitative estimate of drug-likeness (QED) is 0.127. The summed E-state index contributed by atoms with van der Waals surface area (Å²) >= 11 is 12.0. The summed E-state index contributed by atoms with van der Waals surface area (Å²) in [5.74, 6) is 0.735. The maximum atomic E-state index is 13.5. The van der Waals surface area contributed by atoms with E-state index in [-0.39, 0.29) is 45.4 Å². The van der Waals surface area contributed by atoms with Gasteiger partial charge in [-0.2, -0.15) is 20.8 Å². The molecule has 2 atom stereocenters. The van der Waals surface area contributed by atoms with Gasteiger partial charge in [0.15, 0.2) is 0 Å². The maximum Gasteiger partial charge on any atom is 0.332 e. The number of hydrogen-bond donors (Lipinski definition) is 1. The summed E-state index contributed by atoms with van der Waals surface area (Å²) in [4.78, 5) is 46.3.